The Bertz CT molecular complexity index is 762. The molecule has 0 aliphatic carbocycles. The van der Waals surface area contributed by atoms with Crippen molar-refractivity contribution in [2.75, 3.05) is 12.4 Å². The number of amides is 1. The van der Waals surface area contributed by atoms with Gasteiger partial charge in [0, 0.05) is 10.2 Å². The molecule has 0 heterocycles. The fourth-order valence-corrected chi connectivity index (χ4v) is 2.70. The van der Waals surface area contributed by atoms with E-state index in [1.165, 1.54) is 12.7 Å². The van der Waals surface area contributed by atoms with Gasteiger partial charge in [-0.1, -0.05) is 33.6 Å². The summed E-state index contributed by atoms with van der Waals surface area (Å²) in [5.41, 5.74) is 3.50. The standard InChI is InChI=1S/C17H17BrN2O2S/c1-10-4-6-14(11(2)8-10)19-17(23)20-16(21)13-9-12(18)5-7-15(13)22-3/h4-9H,1-3H3,(H2,19,20,21,23). The number of hydrogen-bond acceptors (Lipinski definition) is 3. The van der Waals surface area contributed by atoms with Crippen molar-refractivity contribution in [1.82, 2.24) is 5.32 Å². The molecule has 0 aliphatic rings. The van der Waals surface area contributed by atoms with Crippen molar-refractivity contribution in [3.05, 3.63) is 57.6 Å². The first kappa shape index (κ1) is 17.4. The van der Waals surface area contributed by atoms with Gasteiger partial charge in [0.2, 0.25) is 0 Å². The van der Waals surface area contributed by atoms with Crippen LogP contribution in [0.1, 0.15) is 21.5 Å². The normalized spacial score (nSPS) is 10.1. The summed E-state index contributed by atoms with van der Waals surface area (Å²) >= 11 is 8.57. The summed E-state index contributed by atoms with van der Waals surface area (Å²) in [6, 6.07) is 11.2. The predicted octanol–water partition coefficient (Wildman–Crippen LogP) is 4.20. The number of methoxy groups -OCH3 is 1. The highest BCUT2D eigenvalue weighted by Gasteiger charge is 2.14. The Morgan fingerprint density at radius 2 is 1.91 bits per heavy atom. The maximum absolute atomic E-state index is 12.4. The molecule has 0 saturated heterocycles. The van der Waals surface area contributed by atoms with Crippen molar-refractivity contribution in [1.29, 1.82) is 0 Å². The summed E-state index contributed by atoms with van der Waals surface area (Å²) in [7, 11) is 1.52. The van der Waals surface area contributed by atoms with Crippen LogP contribution in [0.4, 0.5) is 5.69 Å². The number of carbonyl (C=O) groups is 1. The molecule has 0 radical (unpaired) electrons. The number of ether oxygens (including phenoxy) is 1. The fraction of sp³-hybridized carbons (Fsp3) is 0.176. The number of aryl methyl sites for hydroxylation is 2. The Morgan fingerprint density at radius 3 is 2.57 bits per heavy atom. The van der Waals surface area contributed by atoms with E-state index in [-0.39, 0.29) is 11.0 Å². The Hall–Kier alpha value is -1.92. The van der Waals surface area contributed by atoms with E-state index < -0.39 is 0 Å². The van der Waals surface area contributed by atoms with E-state index >= 15 is 0 Å². The fourth-order valence-electron chi connectivity index (χ4n) is 2.14. The average Bonchev–Trinajstić information content (AvgIpc) is 2.50. The molecule has 0 saturated carbocycles. The molecule has 1 amide bonds. The van der Waals surface area contributed by atoms with Gasteiger partial charge in [-0.25, -0.2) is 0 Å². The van der Waals surface area contributed by atoms with E-state index in [9.17, 15) is 4.79 Å². The van der Waals surface area contributed by atoms with Gasteiger partial charge in [0.05, 0.1) is 12.7 Å². The van der Waals surface area contributed by atoms with E-state index in [4.69, 9.17) is 17.0 Å². The average molecular weight is 393 g/mol. The number of anilines is 1. The van der Waals surface area contributed by atoms with Crippen molar-refractivity contribution < 1.29 is 9.53 Å². The van der Waals surface area contributed by atoms with Crippen molar-refractivity contribution >= 4 is 44.9 Å². The predicted molar refractivity (Wildman–Crippen MR) is 100 cm³/mol. The van der Waals surface area contributed by atoms with Gasteiger partial charge in [0.1, 0.15) is 5.75 Å². The van der Waals surface area contributed by atoms with Crippen LogP contribution in [0.15, 0.2) is 40.9 Å². The van der Waals surface area contributed by atoms with Gasteiger partial charge in [-0.05, 0) is 55.9 Å². The molecular weight excluding hydrogens is 376 g/mol. The summed E-state index contributed by atoms with van der Waals surface area (Å²) in [5, 5.41) is 5.95. The van der Waals surface area contributed by atoms with E-state index in [1.54, 1.807) is 12.1 Å². The lowest BCUT2D eigenvalue weighted by molar-refractivity contribution is 0.0974. The molecule has 0 fully saturated rings. The summed E-state index contributed by atoms with van der Waals surface area (Å²) in [5.74, 6) is 0.158. The summed E-state index contributed by atoms with van der Waals surface area (Å²) in [6.45, 7) is 4.01. The molecule has 0 spiro atoms. The van der Waals surface area contributed by atoms with Gasteiger partial charge >= 0.3 is 0 Å². The highest BCUT2D eigenvalue weighted by Crippen LogP contribution is 2.23. The van der Waals surface area contributed by atoms with Crippen molar-refractivity contribution in [2.45, 2.75) is 13.8 Å². The second-order valence-electron chi connectivity index (χ2n) is 5.07. The minimum absolute atomic E-state index is 0.240. The van der Waals surface area contributed by atoms with Crippen LogP contribution in [0.2, 0.25) is 0 Å². The second-order valence-corrected chi connectivity index (χ2v) is 6.40. The Morgan fingerprint density at radius 1 is 1.17 bits per heavy atom. The quantitative estimate of drug-likeness (QED) is 0.768. The number of carbonyl (C=O) groups excluding carboxylic acids is 1. The molecule has 2 aromatic rings. The molecule has 120 valence electrons. The topological polar surface area (TPSA) is 50.4 Å². The third kappa shape index (κ3) is 4.53. The van der Waals surface area contributed by atoms with Crippen molar-refractivity contribution in [3.63, 3.8) is 0 Å². The number of halogens is 1. The number of thiocarbonyl (C=S) groups is 1. The van der Waals surface area contributed by atoms with E-state index in [0.29, 0.717) is 11.3 Å². The lowest BCUT2D eigenvalue weighted by Gasteiger charge is -2.13. The zero-order valence-corrected chi connectivity index (χ0v) is 15.5. The van der Waals surface area contributed by atoms with E-state index in [1.807, 2.05) is 38.1 Å². The highest BCUT2D eigenvalue weighted by atomic mass is 79.9. The Kier molecular flexibility index (Phi) is 5.74. The molecule has 6 heteroatoms. The molecule has 4 nitrogen and oxygen atoms in total. The highest BCUT2D eigenvalue weighted by molar-refractivity contribution is 9.10. The summed E-state index contributed by atoms with van der Waals surface area (Å²) < 4.78 is 6.00. The number of benzene rings is 2. The van der Waals surface area contributed by atoms with Gasteiger partial charge in [-0.15, -0.1) is 0 Å². The lowest BCUT2D eigenvalue weighted by atomic mass is 10.1. The first-order valence-corrected chi connectivity index (χ1v) is 8.14. The van der Waals surface area contributed by atoms with Crippen LogP contribution in [-0.2, 0) is 0 Å². The van der Waals surface area contributed by atoms with Crippen LogP contribution >= 0.6 is 28.1 Å². The largest absolute Gasteiger partial charge is 0.496 e. The molecule has 2 aromatic carbocycles. The number of hydrogen-bond donors (Lipinski definition) is 2. The summed E-state index contributed by atoms with van der Waals surface area (Å²) in [6.07, 6.45) is 0. The van der Waals surface area contributed by atoms with Crippen molar-refractivity contribution in [3.8, 4) is 5.75 Å². The Balaban J connectivity index is 2.11. The lowest BCUT2D eigenvalue weighted by Crippen LogP contribution is -2.34. The maximum Gasteiger partial charge on any atom is 0.261 e. The number of rotatable bonds is 3. The minimum atomic E-state index is -0.328. The van der Waals surface area contributed by atoms with Gasteiger partial charge in [0.15, 0.2) is 5.11 Å². The van der Waals surface area contributed by atoms with Gasteiger partial charge in [-0.3, -0.25) is 10.1 Å². The summed E-state index contributed by atoms with van der Waals surface area (Å²) in [4.78, 5) is 12.4. The molecule has 0 bridgehead atoms. The van der Waals surface area contributed by atoms with Crippen LogP contribution in [0.25, 0.3) is 0 Å². The maximum atomic E-state index is 12.4. The zero-order chi connectivity index (χ0) is 17.0. The first-order chi connectivity index (χ1) is 10.9. The minimum Gasteiger partial charge on any atom is -0.496 e. The molecule has 0 aromatic heterocycles. The molecule has 0 unspecified atom stereocenters. The van der Waals surface area contributed by atoms with E-state index in [0.717, 1.165) is 15.7 Å². The molecule has 23 heavy (non-hydrogen) atoms. The van der Waals surface area contributed by atoms with Crippen LogP contribution in [0.5, 0.6) is 5.75 Å². The van der Waals surface area contributed by atoms with E-state index in [2.05, 4.69) is 26.6 Å². The van der Waals surface area contributed by atoms with Crippen LogP contribution in [-0.4, -0.2) is 18.1 Å². The molecular formula is C17H17BrN2O2S. The van der Waals surface area contributed by atoms with Crippen LogP contribution in [0, 0.1) is 13.8 Å². The molecule has 0 atom stereocenters. The van der Waals surface area contributed by atoms with Crippen LogP contribution in [0.3, 0.4) is 0 Å². The second kappa shape index (κ2) is 7.57. The SMILES string of the molecule is COc1ccc(Br)cc1C(=O)NC(=S)Nc1ccc(C)cc1C. The number of nitrogens with one attached hydrogen (secondary N) is 2. The van der Waals surface area contributed by atoms with Crippen LogP contribution < -0.4 is 15.4 Å². The smallest absolute Gasteiger partial charge is 0.261 e. The molecule has 2 rings (SSSR count). The van der Waals surface area contributed by atoms with Gasteiger partial charge < -0.3 is 10.1 Å². The first-order valence-electron chi connectivity index (χ1n) is 6.94. The van der Waals surface area contributed by atoms with Gasteiger partial charge in [0.25, 0.3) is 5.91 Å². The third-order valence-corrected chi connectivity index (χ3v) is 3.96. The van der Waals surface area contributed by atoms with Gasteiger partial charge in [-0.2, -0.15) is 0 Å². The molecule has 2 N–H and O–H groups in total. The third-order valence-electron chi connectivity index (χ3n) is 3.26. The van der Waals surface area contributed by atoms with Crippen molar-refractivity contribution in [2.24, 2.45) is 0 Å². The monoisotopic (exact) mass is 392 g/mol. The zero-order valence-electron chi connectivity index (χ0n) is 13.1. The Labute approximate surface area is 149 Å². The molecule has 0 aliphatic heterocycles.